The number of carbonyl (C=O) groups excluding carboxylic acids is 1. The van der Waals surface area contributed by atoms with Crippen molar-refractivity contribution in [3.63, 3.8) is 0 Å². The number of piperidine rings is 1. The first-order valence-corrected chi connectivity index (χ1v) is 9.73. The predicted octanol–water partition coefficient (Wildman–Crippen LogP) is 2.54. The van der Waals surface area contributed by atoms with Crippen molar-refractivity contribution in [2.75, 3.05) is 33.4 Å². The Hall–Kier alpha value is -2.44. The summed E-state index contributed by atoms with van der Waals surface area (Å²) in [7, 11) is 1.68. The number of methoxy groups -OCH3 is 1. The van der Waals surface area contributed by atoms with Crippen molar-refractivity contribution < 1.29 is 14.3 Å². The van der Waals surface area contributed by atoms with Crippen molar-refractivity contribution in [3.8, 4) is 5.75 Å². The molecule has 150 valence electrons. The lowest BCUT2D eigenvalue weighted by Crippen LogP contribution is -2.48. The van der Waals surface area contributed by atoms with Crippen molar-refractivity contribution >= 4 is 12.1 Å². The van der Waals surface area contributed by atoms with Crippen LogP contribution < -0.4 is 15.8 Å². The van der Waals surface area contributed by atoms with Gasteiger partial charge in [-0.1, -0.05) is 12.1 Å². The minimum Gasteiger partial charge on any atom is -0.497 e. The van der Waals surface area contributed by atoms with Gasteiger partial charge in [0, 0.05) is 25.7 Å². The molecule has 3 N–H and O–H groups in total. The van der Waals surface area contributed by atoms with E-state index in [2.05, 4.69) is 22.4 Å². The van der Waals surface area contributed by atoms with Crippen LogP contribution in [0.15, 0.2) is 29.3 Å². The molecular formula is C20H32N4O3. The zero-order chi connectivity index (χ0) is 19.5. The quantitative estimate of drug-likeness (QED) is 0.413. The van der Waals surface area contributed by atoms with Crippen LogP contribution in [0.5, 0.6) is 5.75 Å². The Morgan fingerprint density at radius 3 is 2.59 bits per heavy atom. The van der Waals surface area contributed by atoms with Gasteiger partial charge in [-0.2, -0.15) is 0 Å². The lowest BCUT2D eigenvalue weighted by Gasteiger charge is -2.31. The van der Waals surface area contributed by atoms with Crippen LogP contribution in [-0.4, -0.2) is 56.3 Å². The number of nitrogens with zero attached hydrogens (tertiary/aromatic N) is 2. The smallest absolute Gasteiger partial charge is 0.409 e. The molecule has 27 heavy (non-hydrogen) atoms. The fourth-order valence-electron chi connectivity index (χ4n) is 3.11. The van der Waals surface area contributed by atoms with E-state index in [0.717, 1.165) is 44.4 Å². The fraction of sp³-hybridized carbons (Fsp3) is 0.600. The summed E-state index contributed by atoms with van der Waals surface area (Å²) in [6.07, 6.45) is 4.57. The van der Waals surface area contributed by atoms with Gasteiger partial charge in [-0.05, 0) is 56.7 Å². The Kier molecular flexibility index (Phi) is 8.74. The van der Waals surface area contributed by atoms with E-state index in [4.69, 9.17) is 15.2 Å². The molecule has 1 aliphatic heterocycles. The predicted molar refractivity (Wildman–Crippen MR) is 107 cm³/mol. The number of aryl methyl sites for hydroxylation is 1. The summed E-state index contributed by atoms with van der Waals surface area (Å²) in [6.45, 7) is 4.32. The second-order valence-electron chi connectivity index (χ2n) is 6.68. The molecule has 1 saturated heterocycles. The molecular weight excluding hydrogens is 344 g/mol. The van der Waals surface area contributed by atoms with E-state index in [1.54, 1.807) is 12.0 Å². The molecule has 0 spiro atoms. The van der Waals surface area contributed by atoms with E-state index in [1.807, 2.05) is 19.1 Å². The minimum atomic E-state index is -0.227. The second-order valence-corrected chi connectivity index (χ2v) is 6.68. The molecule has 0 bridgehead atoms. The number of rotatable bonds is 8. The van der Waals surface area contributed by atoms with Crippen LogP contribution in [0.2, 0.25) is 0 Å². The molecule has 7 heteroatoms. The van der Waals surface area contributed by atoms with Gasteiger partial charge in [-0.25, -0.2) is 4.79 Å². The molecule has 0 aromatic heterocycles. The molecule has 1 amide bonds. The van der Waals surface area contributed by atoms with Gasteiger partial charge in [0.15, 0.2) is 5.96 Å². The maximum Gasteiger partial charge on any atom is 0.409 e. The number of unbranched alkanes of at least 4 members (excludes halogenated alkanes) is 1. The second kappa shape index (κ2) is 11.3. The average Bonchev–Trinajstić information content (AvgIpc) is 2.69. The summed E-state index contributed by atoms with van der Waals surface area (Å²) in [4.78, 5) is 17.9. The maximum absolute atomic E-state index is 11.7. The van der Waals surface area contributed by atoms with Gasteiger partial charge < -0.3 is 25.4 Å². The van der Waals surface area contributed by atoms with E-state index in [0.29, 0.717) is 25.7 Å². The van der Waals surface area contributed by atoms with Gasteiger partial charge in [-0.15, -0.1) is 0 Å². The number of likely N-dealkylation sites (tertiary alicyclic amines) is 1. The number of hydrogen-bond acceptors (Lipinski definition) is 4. The lowest BCUT2D eigenvalue weighted by molar-refractivity contribution is 0.0963. The van der Waals surface area contributed by atoms with Crippen molar-refractivity contribution in [2.45, 2.75) is 45.1 Å². The number of aliphatic imine (C=N–C) groups is 1. The molecule has 0 unspecified atom stereocenters. The van der Waals surface area contributed by atoms with E-state index in [-0.39, 0.29) is 12.1 Å². The Morgan fingerprint density at radius 1 is 1.26 bits per heavy atom. The van der Waals surface area contributed by atoms with Crippen LogP contribution in [0.1, 0.15) is 38.2 Å². The number of amides is 1. The first-order valence-electron chi connectivity index (χ1n) is 9.73. The largest absolute Gasteiger partial charge is 0.497 e. The van der Waals surface area contributed by atoms with Crippen molar-refractivity contribution in [2.24, 2.45) is 10.7 Å². The summed E-state index contributed by atoms with van der Waals surface area (Å²) in [6, 6.07) is 8.44. The zero-order valence-corrected chi connectivity index (χ0v) is 16.4. The molecule has 0 radical (unpaired) electrons. The van der Waals surface area contributed by atoms with Gasteiger partial charge in [0.2, 0.25) is 0 Å². The van der Waals surface area contributed by atoms with Crippen LogP contribution in [-0.2, 0) is 11.2 Å². The van der Waals surface area contributed by atoms with E-state index in [1.165, 1.54) is 5.56 Å². The molecule has 1 aliphatic rings. The van der Waals surface area contributed by atoms with Crippen LogP contribution in [0.4, 0.5) is 4.79 Å². The molecule has 1 aromatic carbocycles. The van der Waals surface area contributed by atoms with Crippen LogP contribution in [0, 0.1) is 0 Å². The molecule has 1 aromatic rings. The zero-order valence-electron chi connectivity index (χ0n) is 16.4. The third-order valence-electron chi connectivity index (χ3n) is 4.69. The number of nitrogens with two attached hydrogens (primary N) is 1. The first-order chi connectivity index (χ1) is 13.1. The molecule has 2 rings (SSSR count). The van der Waals surface area contributed by atoms with E-state index < -0.39 is 0 Å². The number of guanidine groups is 1. The Balaban J connectivity index is 1.60. The van der Waals surface area contributed by atoms with Crippen molar-refractivity contribution in [1.29, 1.82) is 0 Å². The topological polar surface area (TPSA) is 89.2 Å². The highest BCUT2D eigenvalue weighted by Crippen LogP contribution is 2.13. The van der Waals surface area contributed by atoms with Gasteiger partial charge in [-0.3, -0.25) is 4.99 Å². The Labute approximate surface area is 161 Å². The highest BCUT2D eigenvalue weighted by molar-refractivity contribution is 5.78. The van der Waals surface area contributed by atoms with Crippen molar-refractivity contribution in [3.05, 3.63) is 29.8 Å². The summed E-state index contributed by atoms with van der Waals surface area (Å²) in [5, 5.41) is 3.27. The van der Waals surface area contributed by atoms with E-state index in [9.17, 15) is 4.79 Å². The molecule has 0 atom stereocenters. The number of nitrogens with one attached hydrogen (secondary N) is 1. The monoisotopic (exact) mass is 376 g/mol. The summed E-state index contributed by atoms with van der Waals surface area (Å²) in [5.41, 5.74) is 7.30. The molecule has 0 saturated carbocycles. The Bertz CT molecular complexity index is 596. The van der Waals surface area contributed by atoms with Gasteiger partial charge in [0.05, 0.1) is 13.7 Å². The fourth-order valence-corrected chi connectivity index (χ4v) is 3.11. The molecule has 1 fully saturated rings. The van der Waals surface area contributed by atoms with Crippen molar-refractivity contribution in [1.82, 2.24) is 10.2 Å². The molecule has 7 nitrogen and oxygen atoms in total. The van der Waals surface area contributed by atoms with Gasteiger partial charge in [0.25, 0.3) is 0 Å². The number of carbonyl (C=O) groups is 1. The number of benzene rings is 1. The maximum atomic E-state index is 11.7. The SMILES string of the molecule is CCOC(=O)N1CCC(NC(N)=NCCCCc2ccc(OC)cc2)CC1. The molecule has 1 heterocycles. The van der Waals surface area contributed by atoms with Crippen LogP contribution in [0.25, 0.3) is 0 Å². The lowest BCUT2D eigenvalue weighted by atomic mass is 10.1. The van der Waals surface area contributed by atoms with E-state index >= 15 is 0 Å². The van der Waals surface area contributed by atoms with Gasteiger partial charge >= 0.3 is 6.09 Å². The highest BCUT2D eigenvalue weighted by atomic mass is 16.6. The standard InChI is InChI=1S/C20H32N4O3/c1-3-27-20(25)24-14-11-17(12-15-24)23-19(21)22-13-5-4-6-16-7-9-18(26-2)10-8-16/h7-10,17H,3-6,11-15H2,1-2H3,(H3,21,22,23). The third kappa shape index (κ3) is 7.37. The molecule has 0 aliphatic carbocycles. The Morgan fingerprint density at radius 2 is 1.96 bits per heavy atom. The summed E-state index contributed by atoms with van der Waals surface area (Å²) in [5.74, 6) is 1.38. The average molecular weight is 377 g/mol. The van der Waals surface area contributed by atoms with Gasteiger partial charge in [0.1, 0.15) is 5.75 Å². The van der Waals surface area contributed by atoms with Crippen LogP contribution >= 0.6 is 0 Å². The highest BCUT2D eigenvalue weighted by Gasteiger charge is 2.23. The summed E-state index contributed by atoms with van der Waals surface area (Å²) >= 11 is 0. The third-order valence-corrected chi connectivity index (χ3v) is 4.69. The van der Waals surface area contributed by atoms with Crippen LogP contribution in [0.3, 0.4) is 0 Å². The summed E-state index contributed by atoms with van der Waals surface area (Å²) < 4.78 is 10.2. The first kappa shape index (κ1) is 20.9. The minimum absolute atomic E-state index is 0.227. The number of hydrogen-bond donors (Lipinski definition) is 2. The number of ether oxygens (including phenoxy) is 2. The normalized spacial score (nSPS) is 15.5.